The number of para-hydroxylation sites is 1. The van der Waals surface area contributed by atoms with E-state index in [0.717, 1.165) is 29.7 Å². The minimum absolute atomic E-state index is 0.185. The molecule has 1 aliphatic heterocycles. The van der Waals surface area contributed by atoms with Crippen LogP contribution in [0.15, 0.2) is 79.1 Å². The molecule has 0 amide bonds. The van der Waals surface area contributed by atoms with Crippen molar-refractivity contribution in [2.45, 2.75) is 6.04 Å². The summed E-state index contributed by atoms with van der Waals surface area (Å²) in [4.78, 5) is 13.3. The predicted molar refractivity (Wildman–Crippen MR) is 120 cm³/mol. The van der Waals surface area contributed by atoms with Crippen molar-refractivity contribution in [2.75, 3.05) is 31.1 Å². The number of aromatic hydroxyl groups is 1. The molecule has 31 heavy (non-hydrogen) atoms. The lowest BCUT2D eigenvalue weighted by atomic mass is 9.97. The maximum Gasteiger partial charge on any atom is 0.146 e. The van der Waals surface area contributed by atoms with Crippen LogP contribution in [0.5, 0.6) is 5.75 Å². The van der Waals surface area contributed by atoms with Crippen molar-refractivity contribution in [1.29, 1.82) is 0 Å². The number of nitrogens with zero attached hydrogens (tertiary/aromatic N) is 4. The second kappa shape index (κ2) is 8.32. The molecule has 2 aromatic heterocycles. The average molecular weight is 414 g/mol. The number of pyridine rings is 2. The highest BCUT2D eigenvalue weighted by atomic mass is 19.1. The molecule has 3 heterocycles. The monoisotopic (exact) mass is 414 g/mol. The molecule has 1 saturated heterocycles. The van der Waals surface area contributed by atoms with E-state index in [1.54, 1.807) is 18.5 Å². The summed E-state index contributed by atoms with van der Waals surface area (Å²) in [5.41, 5.74) is 2.87. The number of phenols is 1. The number of benzene rings is 2. The molecular weight excluding hydrogens is 391 g/mol. The van der Waals surface area contributed by atoms with Gasteiger partial charge < -0.3 is 10.0 Å². The largest absolute Gasteiger partial charge is 0.505 e. The van der Waals surface area contributed by atoms with E-state index >= 15 is 0 Å². The fraction of sp³-hybridized carbons (Fsp3) is 0.200. The number of phenolic OH excluding ortho intramolecular Hbond substituents is 1. The fourth-order valence-electron chi connectivity index (χ4n) is 4.38. The van der Waals surface area contributed by atoms with Crippen LogP contribution in [0.2, 0.25) is 0 Å². The Kier molecular flexibility index (Phi) is 5.22. The molecule has 1 aliphatic rings. The normalized spacial score (nSPS) is 15.8. The van der Waals surface area contributed by atoms with Gasteiger partial charge in [0.05, 0.1) is 17.4 Å². The lowest BCUT2D eigenvalue weighted by molar-refractivity contribution is 0.206. The molecule has 0 aliphatic carbocycles. The predicted octanol–water partition coefficient (Wildman–Crippen LogP) is 4.39. The summed E-state index contributed by atoms with van der Waals surface area (Å²) >= 11 is 0. The molecule has 4 aromatic rings. The zero-order chi connectivity index (χ0) is 21.2. The van der Waals surface area contributed by atoms with Gasteiger partial charge in [-0.1, -0.05) is 36.4 Å². The Morgan fingerprint density at radius 3 is 2.35 bits per heavy atom. The zero-order valence-corrected chi connectivity index (χ0v) is 17.0. The van der Waals surface area contributed by atoms with Crippen LogP contribution in [-0.2, 0) is 0 Å². The third kappa shape index (κ3) is 3.70. The van der Waals surface area contributed by atoms with Gasteiger partial charge in [-0.2, -0.15) is 0 Å². The SMILES string of the molecule is Oc1c([C@@H](c2ccccn2)N2CCN(c3ccccc3F)CC2)ccc2cccnc12. The minimum Gasteiger partial charge on any atom is -0.505 e. The van der Waals surface area contributed by atoms with E-state index in [1.807, 2.05) is 54.6 Å². The first-order valence-electron chi connectivity index (χ1n) is 10.4. The van der Waals surface area contributed by atoms with Gasteiger partial charge in [0.2, 0.25) is 0 Å². The maximum atomic E-state index is 14.3. The number of fused-ring (bicyclic) bond motifs is 1. The Labute approximate surface area is 180 Å². The van der Waals surface area contributed by atoms with Gasteiger partial charge in [-0.3, -0.25) is 14.9 Å². The van der Waals surface area contributed by atoms with Crippen LogP contribution in [-0.4, -0.2) is 46.2 Å². The smallest absolute Gasteiger partial charge is 0.146 e. The molecule has 5 nitrogen and oxygen atoms in total. The van der Waals surface area contributed by atoms with E-state index in [-0.39, 0.29) is 17.6 Å². The maximum absolute atomic E-state index is 14.3. The Morgan fingerprint density at radius 2 is 1.58 bits per heavy atom. The zero-order valence-electron chi connectivity index (χ0n) is 17.0. The number of aromatic nitrogens is 2. The van der Waals surface area contributed by atoms with E-state index in [4.69, 9.17) is 0 Å². The van der Waals surface area contributed by atoms with Gasteiger partial charge in [0, 0.05) is 49.5 Å². The van der Waals surface area contributed by atoms with Gasteiger partial charge >= 0.3 is 0 Å². The molecular formula is C25H23FN4O. The summed E-state index contributed by atoms with van der Waals surface area (Å²) in [6, 6.07) is 20.3. The summed E-state index contributed by atoms with van der Waals surface area (Å²) in [5.74, 6) is -0.0132. The molecule has 5 rings (SSSR count). The third-order valence-corrected chi connectivity index (χ3v) is 5.91. The minimum atomic E-state index is -0.213. The highest BCUT2D eigenvalue weighted by molar-refractivity contribution is 5.85. The molecule has 1 atom stereocenters. The lowest BCUT2D eigenvalue weighted by Crippen LogP contribution is -2.48. The molecule has 0 radical (unpaired) electrons. The molecule has 0 bridgehead atoms. The van der Waals surface area contributed by atoms with E-state index < -0.39 is 0 Å². The van der Waals surface area contributed by atoms with Gasteiger partial charge in [0.15, 0.2) is 0 Å². The van der Waals surface area contributed by atoms with Crippen LogP contribution < -0.4 is 4.90 Å². The van der Waals surface area contributed by atoms with Gasteiger partial charge in [0.1, 0.15) is 17.1 Å². The molecule has 156 valence electrons. The number of piperazine rings is 1. The number of hydrogen-bond acceptors (Lipinski definition) is 5. The van der Waals surface area contributed by atoms with Crippen molar-refractivity contribution >= 4 is 16.6 Å². The van der Waals surface area contributed by atoms with Crippen LogP contribution in [0.1, 0.15) is 17.3 Å². The Morgan fingerprint density at radius 1 is 0.806 bits per heavy atom. The van der Waals surface area contributed by atoms with Gasteiger partial charge in [-0.15, -0.1) is 0 Å². The fourth-order valence-corrected chi connectivity index (χ4v) is 4.38. The molecule has 0 unspecified atom stereocenters. The van der Waals surface area contributed by atoms with Gasteiger partial charge in [-0.05, 0) is 30.3 Å². The van der Waals surface area contributed by atoms with Crippen LogP contribution in [0.3, 0.4) is 0 Å². The van der Waals surface area contributed by atoms with Crippen molar-refractivity contribution in [3.05, 3.63) is 96.2 Å². The first kappa shape index (κ1) is 19.5. The Hall–Kier alpha value is -3.51. The summed E-state index contributed by atoms with van der Waals surface area (Å²) in [5, 5.41) is 12.0. The molecule has 1 fully saturated rings. The summed E-state index contributed by atoms with van der Waals surface area (Å²) in [7, 11) is 0. The highest BCUT2D eigenvalue weighted by Crippen LogP contribution is 2.37. The molecule has 2 aromatic carbocycles. The van der Waals surface area contributed by atoms with Crippen LogP contribution >= 0.6 is 0 Å². The quantitative estimate of drug-likeness (QED) is 0.537. The van der Waals surface area contributed by atoms with Gasteiger partial charge in [-0.25, -0.2) is 4.39 Å². The van der Waals surface area contributed by atoms with Crippen LogP contribution in [0.4, 0.5) is 10.1 Å². The van der Waals surface area contributed by atoms with Crippen LogP contribution in [0, 0.1) is 5.82 Å². The number of rotatable bonds is 4. The first-order valence-corrected chi connectivity index (χ1v) is 10.4. The van der Waals surface area contributed by atoms with E-state index in [9.17, 15) is 9.50 Å². The second-order valence-corrected chi connectivity index (χ2v) is 7.71. The average Bonchev–Trinajstić information content (AvgIpc) is 2.82. The van der Waals surface area contributed by atoms with Crippen molar-refractivity contribution in [1.82, 2.24) is 14.9 Å². The third-order valence-electron chi connectivity index (χ3n) is 5.91. The van der Waals surface area contributed by atoms with Gasteiger partial charge in [0.25, 0.3) is 0 Å². The number of anilines is 1. The number of hydrogen-bond donors (Lipinski definition) is 1. The van der Waals surface area contributed by atoms with Crippen molar-refractivity contribution in [3.63, 3.8) is 0 Å². The second-order valence-electron chi connectivity index (χ2n) is 7.71. The highest BCUT2D eigenvalue weighted by Gasteiger charge is 2.30. The molecule has 0 saturated carbocycles. The summed E-state index contributed by atoms with van der Waals surface area (Å²) < 4.78 is 14.3. The topological polar surface area (TPSA) is 52.5 Å². The molecule has 1 N–H and O–H groups in total. The van der Waals surface area contributed by atoms with E-state index in [1.165, 1.54) is 6.07 Å². The summed E-state index contributed by atoms with van der Waals surface area (Å²) in [6.07, 6.45) is 3.46. The van der Waals surface area contributed by atoms with Crippen molar-refractivity contribution < 1.29 is 9.50 Å². The number of halogens is 1. The van der Waals surface area contributed by atoms with E-state index in [0.29, 0.717) is 24.3 Å². The standard InChI is InChI=1S/C25H23FN4O/c26-20-7-1-2-9-22(20)29-14-16-30(17-15-29)24(21-8-3-4-12-27-21)19-11-10-18-6-5-13-28-23(18)25(19)31/h1-13,24,31H,14-17H2/t24-/m0/s1. The van der Waals surface area contributed by atoms with Crippen molar-refractivity contribution in [3.8, 4) is 5.75 Å². The van der Waals surface area contributed by atoms with E-state index in [2.05, 4.69) is 19.8 Å². The lowest BCUT2D eigenvalue weighted by Gasteiger charge is -2.40. The first-order chi connectivity index (χ1) is 15.2. The van der Waals surface area contributed by atoms with Crippen LogP contribution in [0.25, 0.3) is 10.9 Å². The molecule has 0 spiro atoms. The van der Waals surface area contributed by atoms with Crippen molar-refractivity contribution in [2.24, 2.45) is 0 Å². The Bertz CT molecular complexity index is 1190. The molecule has 6 heteroatoms. The Balaban J connectivity index is 1.49. The summed E-state index contributed by atoms with van der Waals surface area (Å²) in [6.45, 7) is 2.82.